The number of amides is 1. The Bertz CT molecular complexity index is 911. The molecule has 31 heavy (non-hydrogen) atoms. The van der Waals surface area contributed by atoms with Crippen LogP contribution >= 0.6 is 0 Å². The summed E-state index contributed by atoms with van der Waals surface area (Å²) in [5.41, 5.74) is 3.25. The molecule has 1 aliphatic heterocycles. The van der Waals surface area contributed by atoms with Crippen LogP contribution in [-0.4, -0.2) is 40.0 Å². The standard InChI is InChI=1S/C25H33N5O/c1-16(2)23-21(17-7-11-26-12-8-17)15-27-25(29-23)30-13-9-18(10-14-30)28-24(31)22-19-5-3-4-6-20(19)22/h7-8,11-12,15-16,18-20,22H,3-6,9-10,13-14H2,1-2H3,(H,28,31)/t19-,20-/m1/s1. The average Bonchev–Trinajstić information content (AvgIpc) is 3.54. The lowest BCUT2D eigenvalue weighted by Crippen LogP contribution is -2.45. The van der Waals surface area contributed by atoms with Gasteiger partial charge in [-0.1, -0.05) is 26.7 Å². The van der Waals surface area contributed by atoms with E-state index in [2.05, 4.69) is 29.0 Å². The maximum absolute atomic E-state index is 12.7. The van der Waals surface area contributed by atoms with Crippen LogP contribution in [0.15, 0.2) is 30.7 Å². The number of carbonyl (C=O) groups excluding carboxylic acids is 1. The van der Waals surface area contributed by atoms with Crippen molar-refractivity contribution in [1.29, 1.82) is 0 Å². The van der Waals surface area contributed by atoms with Crippen LogP contribution in [0.1, 0.15) is 64.0 Å². The van der Waals surface area contributed by atoms with Crippen LogP contribution in [0.3, 0.4) is 0 Å². The van der Waals surface area contributed by atoms with Crippen molar-refractivity contribution in [3.63, 3.8) is 0 Å². The summed E-state index contributed by atoms with van der Waals surface area (Å²) in [6, 6.07) is 4.30. The zero-order valence-electron chi connectivity index (χ0n) is 18.6. The highest BCUT2D eigenvalue weighted by Gasteiger charge is 2.54. The van der Waals surface area contributed by atoms with E-state index in [4.69, 9.17) is 9.97 Å². The third-order valence-electron chi connectivity index (χ3n) is 7.43. The third-order valence-corrected chi connectivity index (χ3v) is 7.43. The number of carbonyl (C=O) groups is 1. The van der Waals surface area contributed by atoms with Crippen LogP contribution in [0.4, 0.5) is 5.95 Å². The molecule has 1 N–H and O–H groups in total. The largest absolute Gasteiger partial charge is 0.353 e. The molecule has 3 fully saturated rings. The minimum Gasteiger partial charge on any atom is -0.353 e. The van der Waals surface area contributed by atoms with Gasteiger partial charge in [-0.2, -0.15) is 0 Å². The van der Waals surface area contributed by atoms with Gasteiger partial charge in [0.2, 0.25) is 11.9 Å². The first-order valence-corrected chi connectivity index (χ1v) is 11.9. The third kappa shape index (κ3) is 4.17. The van der Waals surface area contributed by atoms with Crippen molar-refractivity contribution in [2.75, 3.05) is 18.0 Å². The Hall–Kier alpha value is -2.50. The van der Waals surface area contributed by atoms with Crippen molar-refractivity contribution < 1.29 is 4.79 Å². The first kappa shape index (κ1) is 20.4. The summed E-state index contributed by atoms with van der Waals surface area (Å²) in [6.45, 7) is 6.12. The highest BCUT2D eigenvalue weighted by atomic mass is 16.2. The number of hydrogen-bond acceptors (Lipinski definition) is 5. The molecular formula is C25H33N5O. The number of aromatic nitrogens is 3. The molecule has 6 heteroatoms. The average molecular weight is 420 g/mol. The predicted molar refractivity (Wildman–Crippen MR) is 122 cm³/mol. The molecular weight excluding hydrogens is 386 g/mol. The van der Waals surface area contributed by atoms with Crippen molar-refractivity contribution >= 4 is 11.9 Å². The Balaban J connectivity index is 1.21. The lowest BCUT2D eigenvalue weighted by Gasteiger charge is -2.33. The summed E-state index contributed by atoms with van der Waals surface area (Å²) >= 11 is 0. The molecule has 1 amide bonds. The summed E-state index contributed by atoms with van der Waals surface area (Å²) < 4.78 is 0. The van der Waals surface area contributed by atoms with Crippen LogP contribution in [0.2, 0.25) is 0 Å². The van der Waals surface area contributed by atoms with Gasteiger partial charge >= 0.3 is 0 Å². The molecule has 3 heterocycles. The van der Waals surface area contributed by atoms with Crippen molar-refractivity contribution in [2.45, 2.75) is 64.3 Å². The predicted octanol–water partition coefficient (Wildman–Crippen LogP) is 4.18. The van der Waals surface area contributed by atoms with E-state index in [9.17, 15) is 4.79 Å². The van der Waals surface area contributed by atoms with E-state index in [-0.39, 0.29) is 6.04 Å². The first-order valence-electron chi connectivity index (χ1n) is 11.9. The number of pyridine rings is 1. The first-order chi connectivity index (χ1) is 15.1. The van der Waals surface area contributed by atoms with E-state index in [0.717, 1.165) is 48.7 Å². The van der Waals surface area contributed by atoms with Gasteiger partial charge in [0.25, 0.3) is 0 Å². The van der Waals surface area contributed by atoms with Crippen molar-refractivity contribution in [2.24, 2.45) is 17.8 Å². The van der Waals surface area contributed by atoms with Crippen molar-refractivity contribution in [3.8, 4) is 11.1 Å². The van der Waals surface area contributed by atoms with Gasteiger partial charge in [-0.25, -0.2) is 9.97 Å². The SMILES string of the molecule is CC(C)c1nc(N2CCC(NC(=O)C3[C@@H]4CCCC[C@@H]34)CC2)ncc1-c1ccncc1. The number of piperidine rings is 1. The Morgan fingerprint density at radius 3 is 2.39 bits per heavy atom. The number of hydrogen-bond donors (Lipinski definition) is 1. The van der Waals surface area contributed by atoms with Gasteiger partial charge in [0.15, 0.2) is 0 Å². The van der Waals surface area contributed by atoms with E-state index in [1.165, 1.54) is 25.7 Å². The minimum atomic E-state index is 0.284. The normalized spacial score (nSPS) is 25.9. The summed E-state index contributed by atoms with van der Waals surface area (Å²) in [7, 11) is 0. The topological polar surface area (TPSA) is 71.0 Å². The fourth-order valence-electron chi connectivity index (χ4n) is 5.63. The number of nitrogens with zero attached hydrogens (tertiary/aromatic N) is 4. The molecule has 2 aliphatic carbocycles. The summed E-state index contributed by atoms with van der Waals surface area (Å²) in [5.74, 6) is 3.09. The fraction of sp³-hybridized carbons (Fsp3) is 0.600. The number of anilines is 1. The molecule has 164 valence electrons. The monoisotopic (exact) mass is 419 g/mol. The molecule has 0 bridgehead atoms. The van der Waals surface area contributed by atoms with Gasteiger partial charge in [-0.05, 0) is 61.1 Å². The second-order valence-corrected chi connectivity index (χ2v) is 9.77. The van der Waals surface area contributed by atoms with Gasteiger partial charge in [-0.15, -0.1) is 0 Å². The van der Waals surface area contributed by atoms with Crippen LogP contribution in [0.25, 0.3) is 11.1 Å². The molecule has 2 aromatic heterocycles. The second-order valence-electron chi connectivity index (χ2n) is 9.77. The lowest BCUT2D eigenvalue weighted by molar-refractivity contribution is -0.123. The van der Waals surface area contributed by atoms with Crippen LogP contribution in [0.5, 0.6) is 0 Å². The summed E-state index contributed by atoms with van der Waals surface area (Å²) in [4.78, 5) is 28.8. The van der Waals surface area contributed by atoms with E-state index < -0.39 is 0 Å². The number of fused-ring (bicyclic) bond motifs is 1. The molecule has 3 aliphatic rings. The Kier molecular flexibility index (Phi) is 5.63. The lowest BCUT2D eigenvalue weighted by atomic mass is 10.00. The molecule has 2 saturated carbocycles. The highest BCUT2D eigenvalue weighted by Crippen LogP contribution is 2.55. The van der Waals surface area contributed by atoms with Crippen molar-refractivity contribution in [1.82, 2.24) is 20.3 Å². The van der Waals surface area contributed by atoms with Crippen molar-refractivity contribution in [3.05, 3.63) is 36.4 Å². The van der Waals surface area contributed by atoms with Gasteiger partial charge < -0.3 is 10.2 Å². The quantitative estimate of drug-likeness (QED) is 0.787. The minimum absolute atomic E-state index is 0.284. The summed E-state index contributed by atoms with van der Waals surface area (Å²) in [5, 5.41) is 3.36. The molecule has 6 nitrogen and oxygen atoms in total. The zero-order chi connectivity index (χ0) is 21.4. The maximum Gasteiger partial charge on any atom is 0.225 e. The van der Waals surface area contributed by atoms with Crippen LogP contribution in [0, 0.1) is 17.8 Å². The molecule has 5 rings (SSSR count). The van der Waals surface area contributed by atoms with E-state index in [1.807, 2.05) is 30.7 Å². The Morgan fingerprint density at radius 2 is 1.74 bits per heavy atom. The number of nitrogens with one attached hydrogen (secondary N) is 1. The van der Waals surface area contributed by atoms with Crippen LogP contribution in [-0.2, 0) is 4.79 Å². The van der Waals surface area contributed by atoms with Gasteiger partial charge in [0, 0.05) is 49.2 Å². The van der Waals surface area contributed by atoms with E-state index in [0.29, 0.717) is 29.6 Å². The number of rotatable bonds is 5. The molecule has 0 unspecified atom stereocenters. The zero-order valence-corrected chi connectivity index (χ0v) is 18.6. The Labute approximate surface area is 184 Å². The van der Waals surface area contributed by atoms with E-state index >= 15 is 0 Å². The molecule has 2 atom stereocenters. The fourth-order valence-corrected chi connectivity index (χ4v) is 5.63. The molecule has 0 aromatic carbocycles. The molecule has 0 spiro atoms. The molecule has 2 aromatic rings. The maximum atomic E-state index is 12.7. The van der Waals surface area contributed by atoms with Gasteiger partial charge in [-0.3, -0.25) is 9.78 Å². The molecule has 0 radical (unpaired) electrons. The smallest absolute Gasteiger partial charge is 0.225 e. The van der Waals surface area contributed by atoms with Gasteiger partial charge in [0.05, 0.1) is 5.69 Å². The van der Waals surface area contributed by atoms with Crippen LogP contribution < -0.4 is 10.2 Å². The van der Waals surface area contributed by atoms with Gasteiger partial charge in [0.1, 0.15) is 0 Å². The second kappa shape index (κ2) is 8.56. The van der Waals surface area contributed by atoms with E-state index in [1.54, 1.807) is 0 Å². The molecule has 1 saturated heterocycles. The summed E-state index contributed by atoms with van der Waals surface area (Å²) in [6.07, 6.45) is 12.6. The highest BCUT2D eigenvalue weighted by molar-refractivity contribution is 5.82. The Morgan fingerprint density at radius 1 is 1.06 bits per heavy atom.